The highest BCUT2D eigenvalue weighted by molar-refractivity contribution is 7.13. The Hall–Kier alpha value is -2.80. The van der Waals surface area contributed by atoms with Crippen molar-refractivity contribution in [1.29, 1.82) is 0 Å². The molecule has 6 nitrogen and oxygen atoms in total. The van der Waals surface area contributed by atoms with Crippen LogP contribution in [0.1, 0.15) is 5.69 Å². The van der Waals surface area contributed by atoms with Gasteiger partial charge in [0.05, 0.1) is 12.2 Å². The minimum atomic E-state index is -0.431. The number of thiazole rings is 1. The lowest BCUT2D eigenvalue weighted by Gasteiger charge is -2.16. The van der Waals surface area contributed by atoms with Crippen LogP contribution in [0.3, 0.4) is 0 Å². The second-order valence-corrected chi connectivity index (χ2v) is 6.15. The van der Waals surface area contributed by atoms with Gasteiger partial charge >= 0.3 is 5.69 Å². The second kappa shape index (κ2) is 7.18. The molecule has 24 heavy (non-hydrogen) atoms. The van der Waals surface area contributed by atoms with Crippen LogP contribution in [-0.2, 0) is 17.9 Å². The molecule has 7 heteroatoms. The van der Waals surface area contributed by atoms with Gasteiger partial charge in [-0.2, -0.15) is 0 Å². The fourth-order valence-electron chi connectivity index (χ4n) is 2.20. The Morgan fingerprint density at radius 1 is 1.25 bits per heavy atom. The van der Waals surface area contributed by atoms with E-state index in [-0.39, 0.29) is 12.5 Å². The lowest BCUT2D eigenvalue weighted by atomic mass is 10.2. The average molecular weight is 340 g/mol. The molecule has 0 aliphatic carbocycles. The lowest BCUT2D eigenvalue weighted by molar-refractivity contribution is -0.131. The zero-order chi connectivity index (χ0) is 16.9. The number of carbonyl (C=O) groups is 1. The highest BCUT2D eigenvalue weighted by atomic mass is 32.1. The molecule has 0 spiro atoms. The summed E-state index contributed by atoms with van der Waals surface area (Å²) in [5.41, 5.74) is 1.46. The lowest BCUT2D eigenvalue weighted by Crippen LogP contribution is -2.34. The molecular weight excluding hydrogens is 324 g/mol. The Morgan fingerprint density at radius 3 is 2.79 bits per heavy atom. The molecular formula is C17H16N4O2S. The predicted octanol–water partition coefficient (Wildman–Crippen LogP) is 2.03. The zero-order valence-corrected chi connectivity index (χ0v) is 13.9. The molecule has 0 aliphatic heterocycles. The third-order valence-corrected chi connectivity index (χ3v) is 4.43. The number of hydrogen-bond acceptors (Lipinski definition) is 5. The van der Waals surface area contributed by atoms with E-state index in [1.54, 1.807) is 35.5 Å². The normalized spacial score (nSPS) is 10.5. The smallest absolute Gasteiger partial charge is 0.338 e. The summed E-state index contributed by atoms with van der Waals surface area (Å²) in [5, 5.41) is 2.87. The number of amides is 1. The van der Waals surface area contributed by atoms with E-state index in [4.69, 9.17) is 0 Å². The summed E-state index contributed by atoms with van der Waals surface area (Å²) in [6, 6.07) is 11.5. The topological polar surface area (TPSA) is 68.1 Å². The molecule has 1 amide bonds. The third-order valence-electron chi connectivity index (χ3n) is 3.49. The van der Waals surface area contributed by atoms with Crippen LogP contribution < -0.4 is 5.69 Å². The summed E-state index contributed by atoms with van der Waals surface area (Å²) < 4.78 is 1.29. The van der Waals surface area contributed by atoms with Crippen molar-refractivity contribution in [2.75, 3.05) is 7.05 Å². The van der Waals surface area contributed by atoms with E-state index in [9.17, 15) is 9.59 Å². The second-order valence-electron chi connectivity index (χ2n) is 5.29. The van der Waals surface area contributed by atoms with Gasteiger partial charge in [-0.3, -0.25) is 9.36 Å². The molecule has 122 valence electrons. The standard InChI is InChI=1S/C17H16N4O2S/c1-20(15(22)11-21-9-5-8-18-17(21)23)10-14-12-24-16(19-14)13-6-3-2-4-7-13/h2-9,12H,10-11H2,1H3. The largest absolute Gasteiger partial charge is 0.347 e. The van der Waals surface area contributed by atoms with Crippen LogP contribution in [-0.4, -0.2) is 32.4 Å². The first-order valence-electron chi connectivity index (χ1n) is 7.39. The van der Waals surface area contributed by atoms with Gasteiger partial charge in [0.25, 0.3) is 0 Å². The van der Waals surface area contributed by atoms with Crippen molar-refractivity contribution >= 4 is 17.2 Å². The van der Waals surface area contributed by atoms with Gasteiger partial charge in [-0.25, -0.2) is 14.8 Å². The molecule has 0 atom stereocenters. The number of likely N-dealkylation sites (N-methyl/N-ethyl adjacent to an activating group) is 1. The Kier molecular flexibility index (Phi) is 4.81. The molecule has 0 saturated carbocycles. The van der Waals surface area contributed by atoms with Crippen molar-refractivity contribution in [1.82, 2.24) is 19.4 Å². The fraction of sp³-hybridized carbons (Fsp3) is 0.176. The minimum absolute atomic E-state index is 0.0289. The minimum Gasteiger partial charge on any atom is -0.338 e. The summed E-state index contributed by atoms with van der Waals surface area (Å²) in [4.78, 5) is 33.6. The SMILES string of the molecule is CN(Cc1csc(-c2ccccc2)n1)C(=O)Cn1cccnc1=O. The number of hydrogen-bond donors (Lipinski definition) is 0. The van der Waals surface area contributed by atoms with Gasteiger partial charge < -0.3 is 4.90 Å². The summed E-state index contributed by atoms with van der Waals surface area (Å²) in [6.07, 6.45) is 2.96. The number of nitrogens with zero attached hydrogens (tertiary/aromatic N) is 4. The maximum atomic E-state index is 12.3. The first kappa shape index (κ1) is 16.1. The number of rotatable bonds is 5. The van der Waals surface area contributed by atoms with E-state index >= 15 is 0 Å². The van der Waals surface area contributed by atoms with Crippen molar-refractivity contribution in [3.63, 3.8) is 0 Å². The highest BCUT2D eigenvalue weighted by Crippen LogP contribution is 2.23. The van der Waals surface area contributed by atoms with Crippen LogP contribution in [0.25, 0.3) is 10.6 Å². The highest BCUT2D eigenvalue weighted by Gasteiger charge is 2.13. The van der Waals surface area contributed by atoms with E-state index in [0.29, 0.717) is 6.54 Å². The predicted molar refractivity (Wildman–Crippen MR) is 92.5 cm³/mol. The molecule has 0 saturated heterocycles. The molecule has 0 radical (unpaired) electrons. The van der Waals surface area contributed by atoms with E-state index in [1.165, 1.54) is 10.8 Å². The van der Waals surface area contributed by atoms with Crippen molar-refractivity contribution < 1.29 is 4.79 Å². The van der Waals surface area contributed by atoms with Crippen LogP contribution >= 0.6 is 11.3 Å². The van der Waals surface area contributed by atoms with Crippen LogP contribution in [0.15, 0.2) is 59.0 Å². The third kappa shape index (κ3) is 3.75. The number of benzene rings is 1. The number of aromatic nitrogens is 3. The molecule has 0 aliphatic rings. The van der Waals surface area contributed by atoms with Crippen LogP contribution in [0.5, 0.6) is 0 Å². The summed E-state index contributed by atoms with van der Waals surface area (Å²) in [6.45, 7) is 0.371. The summed E-state index contributed by atoms with van der Waals surface area (Å²) in [5.74, 6) is -0.167. The Labute approximate surface area is 143 Å². The Morgan fingerprint density at radius 2 is 2.04 bits per heavy atom. The van der Waals surface area contributed by atoms with Crippen molar-refractivity contribution in [2.45, 2.75) is 13.1 Å². The quantitative estimate of drug-likeness (QED) is 0.713. The van der Waals surface area contributed by atoms with Gasteiger partial charge in [0, 0.05) is 30.4 Å². The number of carbonyl (C=O) groups excluding carboxylic acids is 1. The Balaban J connectivity index is 1.66. The fourth-order valence-corrected chi connectivity index (χ4v) is 3.01. The molecule has 0 bridgehead atoms. The van der Waals surface area contributed by atoms with E-state index in [2.05, 4.69) is 9.97 Å². The summed E-state index contributed by atoms with van der Waals surface area (Å²) in [7, 11) is 1.70. The van der Waals surface area contributed by atoms with Crippen LogP contribution in [0.4, 0.5) is 0 Å². The maximum Gasteiger partial charge on any atom is 0.347 e. The molecule has 3 aromatic rings. The van der Waals surface area contributed by atoms with Gasteiger partial charge in [-0.05, 0) is 6.07 Å². The maximum absolute atomic E-state index is 12.3. The first-order chi connectivity index (χ1) is 11.6. The van der Waals surface area contributed by atoms with Crippen LogP contribution in [0, 0.1) is 0 Å². The zero-order valence-electron chi connectivity index (χ0n) is 13.1. The van der Waals surface area contributed by atoms with Gasteiger partial charge in [-0.1, -0.05) is 30.3 Å². The molecule has 2 aromatic heterocycles. The average Bonchev–Trinajstić information content (AvgIpc) is 3.06. The van der Waals surface area contributed by atoms with Crippen molar-refractivity contribution in [3.8, 4) is 10.6 Å². The van der Waals surface area contributed by atoms with Gasteiger partial charge in [-0.15, -0.1) is 11.3 Å². The molecule has 0 unspecified atom stereocenters. The van der Waals surface area contributed by atoms with Gasteiger partial charge in [0.15, 0.2) is 0 Å². The van der Waals surface area contributed by atoms with Gasteiger partial charge in [0.2, 0.25) is 5.91 Å². The first-order valence-corrected chi connectivity index (χ1v) is 8.26. The molecule has 1 aromatic carbocycles. The van der Waals surface area contributed by atoms with Crippen molar-refractivity contribution in [3.05, 3.63) is 70.4 Å². The van der Waals surface area contributed by atoms with E-state index in [0.717, 1.165) is 16.3 Å². The monoisotopic (exact) mass is 340 g/mol. The molecule has 0 fully saturated rings. The summed E-state index contributed by atoms with van der Waals surface area (Å²) >= 11 is 1.55. The Bertz CT molecular complexity index is 889. The molecule has 2 heterocycles. The molecule has 3 rings (SSSR count). The molecule has 0 N–H and O–H groups in total. The van der Waals surface area contributed by atoms with E-state index in [1.807, 2.05) is 35.7 Å². The van der Waals surface area contributed by atoms with Crippen LogP contribution in [0.2, 0.25) is 0 Å². The van der Waals surface area contributed by atoms with Gasteiger partial charge in [0.1, 0.15) is 11.6 Å². The van der Waals surface area contributed by atoms with E-state index < -0.39 is 5.69 Å². The van der Waals surface area contributed by atoms with Crippen molar-refractivity contribution in [2.24, 2.45) is 0 Å².